The predicted molar refractivity (Wildman–Crippen MR) is 96.5 cm³/mol. The summed E-state index contributed by atoms with van der Waals surface area (Å²) < 4.78 is 5.78. The summed E-state index contributed by atoms with van der Waals surface area (Å²) in [5, 5.41) is 12.6. The number of anilines is 1. The highest BCUT2D eigenvalue weighted by atomic mass is 16.5. The number of hydrogen-bond acceptors (Lipinski definition) is 4. The summed E-state index contributed by atoms with van der Waals surface area (Å²) in [6.45, 7) is 7.50. The highest BCUT2D eigenvalue weighted by Gasteiger charge is 2.21. The van der Waals surface area contributed by atoms with Gasteiger partial charge in [0, 0.05) is 26.2 Å². The van der Waals surface area contributed by atoms with Gasteiger partial charge in [-0.2, -0.15) is 5.10 Å². The van der Waals surface area contributed by atoms with Crippen molar-refractivity contribution in [3.05, 3.63) is 47.3 Å². The number of aromatic nitrogens is 2. The van der Waals surface area contributed by atoms with Crippen LogP contribution in [0.2, 0.25) is 0 Å². The largest absolute Gasteiger partial charge is 0.374 e. The molecule has 3 rings (SSSR count). The summed E-state index contributed by atoms with van der Waals surface area (Å²) in [6.07, 6.45) is -0.00486. The first-order chi connectivity index (χ1) is 12.1. The van der Waals surface area contributed by atoms with Crippen LogP contribution in [-0.4, -0.2) is 53.5 Å². The first-order valence-corrected chi connectivity index (χ1v) is 8.56. The Morgan fingerprint density at radius 1 is 1.36 bits per heavy atom. The molecule has 134 valence electrons. The SMILES string of the molecule is Cc1n[nH]c(C)c1NC(=O)NC[C@H]1CN(Cc2ccccc2)CCO1. The average Bonchev–Trinajstić information content (AvgIpc) is 2.93. The zero-order chi connectivity index (χ0) is 17.6. The lowest BCUT2D eigenvalue weighted by Crippen LogP contribution is -2.47. The lowest BCUT2D eigenvalue weighted by molar-refractivity contribution is -0.0285. The Morgan fingerprint density at radius 3 is 2.88 bits per heavy atom. The second kappa shape index (κ2) is 8.13. The minimum absolute atomic E-state index is 0.00486. The molecule has 2 heterocycles. The van der Waals surface area contributed by atoms with Crippen LogP contribution >= 0.6 is 0 Å². The predicted octanol–water partition coefficient (Wildman–Crippen LogP) is 2.05. The molecule has 2 amide bonds. The van der Waals surface area contributed by atoms with Crippen molar-refractivity contribution in [2.75, 3.05) is 31.6 Å². The first kappa shape index (κ1) is 17.4. The molecule has 0 bridgehead atoms. The Bertz CT molecular complexity index is 681. The van der Waals surface area contributed by atoms with Crippen molar-refractivity contribution >= 4 is 11.7 Å². The molecule has 1 saturated heterocycles. The molecular weight excluding hydrogens is 318 g/mol. The maximum Gasteiger partial charge on any atom is 0.319 e. The van der Waals surface area contributed by atoms with Crippen molar-refractivity contribution in [1.82, 2.24) is 20.4 Å². The van der Waals surface area contributed by atoms with Gasteiger partial charge in [-0.3, -0.25) is 10.00 Å². The van der Waals surface area contributed by atoms with Crippen LogP contribution < -0.4 is 10.6 Å². The minimum atomic E-state index is -0.239. The van der Waals surface area contributed by atoms with E-state index < -0.39 is 0 Å². The molecule has 0 unspecified atom stereocenters. The molecule has 7 nitrogen and oxygen atoms in total. The van der Waals surface area contributed by atoms with Gasteiger partial charge in [0.1, 0.15) is 0 Å². The van der Waals surface area contributed by atoms with Crippen LogP contribution in [0.4, 0.5) is 10.5 Å². The molecule has 3 N–H and O–H groups in total. The van der Waals surface area contributed by atoms with Crippen LogP contribution in [-0.2, 0) is 11.3 Å². The normalized spacial score (nSPS) is 18.1. The molecule has 0 saturated carbocycles. The number of urea groups is 1. The quantitative estimate of drug-likeness (QED) is 0.776. The lowest BCUT2D eigenvalue weighted by Gasteiger charge is -2.33. The van der Waals surface area contributed by atoms with Crippen LogP contribution in [0.5, 0.6) is 0 Å². The van der Waals surface area contributed by atoms with Gasteiger partial charge in [0.2, 0.25) is 0 Å². The monoisotopic (exact) mass is 343 g/mol. The number of morpholine rings is 1. The van der Waals surface area contributed by atoms with Crippen molar-refractivity contribution in [3.8, 4) is 0 Å². The molecule has 1 aliphatic heterocycles. The molecule has 1 aromatic heterocycles. The number of hydrogen-bond donors (Lipinski definition) is 3. The summed E-state index contributed by atoms with van der Waals surface area (Å²) in [5.41, 5.74) is 3.64. The van der Waals surface area contributed by atoms with Crippen LogP contribution in [0, 0.1) is 13.8 Å². The maximum absolute atomic E-state index is 12.1. The van der Waals surface area contributed by atoms with Crippen molar-refractivity contribution in [1.29, 1.82) is 0 Å². The van der Waals surface area contributed by atoms with Gasteiger partial charge in [-0.25, -0.2) is 4.79 Å². The minimum Gasteiger partial charge on any atom is -0.374 e. The van der Waals surface area contributed by atoms with E-state index in [1.165, 1.54) is 5.56 Å². The summed E-state index contributed by atoms with van der Waals surface area (Å²) in [7, 11) is 0. The second-order valence-electron chi connectivity index (χ2n) is 6.36. The Labute approximate surface area is 147 Å². The van der Waals surface area contributed by atoms with Gasteiger partial charge in [0.05, 0.1) is 29.8 Å². The standard InChI is InChI=1S/C18H25N5O2/c1-13-17(14(2)22-21-13)20-18(24)19-10-16-12-23(8-9-25-16)11-15-6-4-3-5-7-15/h3-7,16H,8-12H2,1-2H3,(H,21,22)(H2,19,20,24)/t16-/m0/s1. The molecule has 0 aliphatic carbocycles. The van der Waals surface area contributed by atoms with Crippen LogP contribution in [0.25, 0.3) is 0 Å². The second-order valence-corrected chi connectivity index (χ2v) is 6.36. The van der Waals surface area contributed by atoms with Gasteiger partial charge < -0.3 is 15.4 Å². The van der Waals surface area contributed by atoms with Gasteiger partial charge in [0.25, 0.3) is 0 Å². The van der Waals surface area contributed by atoms with Crippen molar-refractivity contribution < 1.29 is 9.53 Å². The topological polar surface area (TPSA) is 82.3 Å². The van der Waals surface area contributed by atoms with Crippen LogP contribution in [0.15, 0.2) is 30.3 Å². The molecule has 1 aromatic carbocycles. The van der Waals surface area contributed by atoms with E-state index in [-0.39, 0.29) is 12.1 Å². The van der Waals surface area contributed by atoms with Crippen molar-refractivity contribution in [2.45, 2.75) is 26.5 Å². The molecule has 2 aromatic rings. The number of nitrogens with one attached hydrogen (secondary N) is 3. The van der Waals surface area contributed by atoms with Crippen LogP contribution in [0.3, 0.4) is 0 Å². The number of amides is 2. The zero-order valence-electron chi connectivity index (χ0n) is 14.7. The van der Waals surface area contributed by atoms with Gasteiger partial charge in [-0.1, -0.05) is 30.3 Å². The van der Waals surface area contributed by atoms with Crippen molar-refractivity contribution in [2.24, 2.45) is 0 Å². The molecule has 7 heteroatoms. The van der Waals surface area contributed by atoms with E-state index in [1.54, 1.807) is 0 Å². The summed E-state index contributed by atoms with van der Waals surface area (Å²) >= 11 is 0. The molecule has 0 radical (unpaired) electrons. The average molecular weight is 343 g/mol. The smallest absolute Gasteiger partial charge is 0.319 e. The third kappa shape index (κ3) is 4.80. The van der Waals surface area contributed by atoms with E-state index in [1.807, 2.05) is 19.9 Å². The van der Waals surface area contributed by atoms with Crippen LogP contribution in [0.1, 0.15) is 17.0 Å². The summed E-state index contributed by atoms with van der Waals surface area (Å²) in [6, 6.07) is 10.2. The molecule has 0 spiro atoms. The number of aryl methyl sites for hydroxylation is 2. The third-order valence-corrected chi connectivity index (χ3v) is 4.33. The molecule has 25 heavy (non-hydrogen) atoms. The Balaban J connectivity index is 1.45. The number of nitrogens with zero attached hydrogens (tertiary/aromatic N) is 2. The number of carbonyl (C=O) groups excluding carboxylic acids is 1. The molecule has 1 atom stereocenters. The zero-order valence-corrected chi connectivity index (χ0v) is 14.7. The number of carbonyl (C=O) groups is 1. The summed E-state index contributed by atoms with van der Waals surface area (Å²) in [4.78, 5) is 14.5. The number of H-pyrrole nitrogens is 1. The van der Waals surface area contributed by atoms with E-state index in [0.29, 0.717) is 13.2 Å². The highest BCUT2D eigenvalue weighted by molar-refractivity contribution is 5.90. The molecule has 1 aliphatic rings. The van der Waals surface area contributed by atoms with E-state index in [4.69, 9.17) is 4.74 Å². The van der Waals surface area contributed by atoms with Crippen molar-refractivity contribution in [3.63, 3.8) is 0 Å². The number of benzene rings is 1. The van der Waals surface area contributed by atoms with Gasteiger partial charge in [-0.15, -0.1) is 0 Å². The Kier molecular flexibility index (Phi) is 5.67. The fourth-order valence-electron chi connectivity index (χ4n) is 2.99. The van der Waals surface area contributed by atoms with Gasteiger partial charge in [-0.05, 0) is 19.4 Å². The number of rotatable bonds is 5. The fraction of sp³-hybridized carbons (Fsp3) is 0.444. The number of ether oxygens (including phenoxy) is 1. The fourth-order valence-corrected chi connectivity index (χ4v) is 2.99. The molecular formula is C18H25N5O2. The highest BCUT2D eigenvalue weighted by Crippen LogP contribution is 2.15. The first-order valence-electron chi connectivity index (χ1n) is 8.56. The summed E-state index contributed by atoms with van der Waals surface area (Å²) in [5.74, 6) is 0. The van der Waals surface area contributed by atoms with E-state index >= 15 is 0 Å². The van der Waals surface area contributed by atoms with E-state index in [2.05, 4.69) is 50.0 Å². The Hall–Kier alpha value is -2.38. The number of aromatic amines is 1. The van der Waals surface area contributed by atoms with E-state index in [0.717, 1.165) is 36.7 Å². The maximum atomic E-state index is 12.1. The third-order valence-electron chi connectivity index (χ3n) is 4.33. The van der Waals surface area contributed by atoms with E-state index in [9.17, 15) is 4.79 Å². The lowest BCUT2D eigenvalue weighted by atomic mass is 10.2. The van der Waals surface area contributed by atoms with Gasteiger partial charge in [0.15, 0.2) is 0 Å². The Morgan fingerprint density at radius 2 is 2.16 bits per heavy atom. The van der Waals surface area contributed by atoms with Gasteiger partial charge >= 0.3 is 6.03 Å². The molecule has 1 fully saturated rings.